The number of hydrogen-bond acceptors (Lipinski definition) is 5. The molecule has 2 rings (SSSR count). The molecule has 0 spiro atoms. The number of aryl methyl sites for hydroxylation is 1. The summed E-state index contributed by atoms with van der Waals surface area (Å²) in [4.78, 5) is 4.17. The van der Waals surface area contributed by atoms with E-state index in [1.807, 2.05) is 19.2 Å². The van der Waals surface area contributed by atoms with E-state index in [1.165, 1.54) is 16.1 Å². The van der Waals surface area contributed by atoms with E-state index in [9.17, 15) is 8.42 Å². The summed E-state index contributed by atoms with van der Waals surface area (Å²) < 4.78 is 30.2. The molecule has 0 bridgehead atoms. The van der Waals surface area contributed by atoms with Crippen LogP contribution in [0.1, 0.15) is 12.0 Å². The molecule has 1 aromatic rings. The molecule has 112 valence electrons. The van der Waals surface area contributed by atoms with Gasteiger partial charge in [0.15, 0.2) is 0 Å². The molecule has 1 aliphatic heterocycles. The van der Waals surface area contributed by atoms with Gasteiger partial charge < -0.3 is 10.1 Å². The van der Waals surface area contributed by atoms with Gasteiger partial charge in [-0.2, -0.15) is 4.31 Å². The maximum Gasteiger partial charge on any atom is 0.211 e. The maximum absolute atomic E-state index is 11.5. The van der Waals surface area contributed by atoms with Crippen molar-refractivity contribution in [2.45, 2.75) is 18.9 Å². The highest BCUT2D eigenvalue weighted by Crippen LogP contribution is 2.15. The highest BCUT2D eigenvalue weighted by molar-refractivity contribution is 7.88. The second-order valence-electron chi connectivity index (χ2n) is 4.95. The molecule has 0 aliphatic carbocycles. The van der Waals surface area contributed by atoms with E-state index in [4.69, 9.17) is 4.74 Å². The Bertz CT molecular complexity index is 548. The number of nitrogens with one attached hydrogen (secondary N) is 1. The Morgan fingerprint density at radius 2 is 2.35 bits per heavy atom. The number of nitrogens with zero attached hydrogens (tertiary/aromatic N) is 2. The molecular formula is C13H21N3O3S. The van der Waals surface area contributed by atoms with Crippen molar-refractivity contribution in [3.8, 4) is 0 Å². The highest BCUT2D eigenvalue weighted by Gasteiger charge is 2.26. The SMILES string of the molecule is CNc1cc(CC[C@@H]2CN(S(C)(=O)=O)CCO2)ccn1. The van der Waals surface area contributed by atoms with Crippen molar-refractivity contribution in [3.63, 3.8) is 0 Å². The summed E-state index contributed by atoms with van der Waals surface area (Å²) >= 11 is 0. The first-order valence-electron chi connectivity index (χ1n) is 6.68. The van der Waals surface area contributed by atoms with E-state index in [0.717, 1.165) is 18.7 Å². The molecule has 0 unspecified atom stereocenters. The minimum Gasteiger partial charge on any atom is -0.375 e. The van der Waals surface area contributed by atoms with Crippen molar-refractivity contribution in [3.05, 3.63) is 23.9 Å². The average molecular weight is 299 g/mol. The fourth-order valence-electron chi connectivity index (χ4n) is 2.26. The van der Waals surface area contributed by atoms with Gasteiger partial charge in [-0.05, 0) is 30.5 Å². The normalized spacial score (nSPS) is 20.8. The highest BCUT2D eigenvalue weighted by atomic mass is 32.2. The van der Waals surface area contributed by atoms with Crippen molar-refractivity contribution in [2.75, 3.05) is 38.3 Å². The van der Waals surface area contributed by atoms with Gasteiger partial charge in [-0.1, -0.05) is 0 Å². The number of morpholine rings is 1. The number of anilines is 1. The van der Waals surface area contributed by atoms with Gasteiger partial charge in [-0.3, -0.25) is 0 Å². The smallest absolute Gasteiger partial charge is 0.211 e. The minimum atomic E-state index is -3.12. The Labute approximate surface area is 120 Å². The van der Waals surface area contributed by atoms with E-state index >= 15 is 0 Å². The summed E-state index contributed by atoms with van der Waals surface area (Å²) in [5.41, 5.74) is 1.17. The Hall–Kier alpha value is -1.18. The topological polar surface area (TPSA) is 71.5 Å². The summed E-state index contributed by atoms with van der Waals surface area (Å²) in [5.74, 6) is 0.838. The zero-order valence-corrected chi connectivity index (χ0v) is 12.7. The third-order valence-corrected chi connectivity index (χ3v) is 4.68. The summed E-state index contributed by atoms with van der Waals surface area (Å²) in [6, 6.07) is 3.97. The Kier molecular flexibility index (Phi) is 4.95. The van der Waals surface area contributed by atoms with E-state index < -0.39 is 10.0 Å². The van der Waals surface area contributed by atoms with E-state index in [2.05, 4.69) is 10.3 Å². The van der Waals surface area contributed by atoms with Crippen LogP contribution in [0.2, 0.25) is 0 Å². The number of aromatic nitrogens is 1. The van der Waals surface area contributed by atoms with E-state index in [1.54, 1.807) is 6.20 Å². The standard InChI is InChI=1S/C13H21N3O3S/c1-14-13-9-11(5-6-15-13)3-4-12-10-16(7-8-19-12)20(2,17)18/h5-6,9,12H,3-4,7-8,10H2,1-2H3,(H,14,15)/t12-/m1/s1. The van der Waals surface area contributed by atoms with Crippen LogP contribution in [0, 0.1) is 0 Å². The lowest BCUT2D eigenvalue weighted by Crippen LogP contribution is -2.45. The Morgan fingerprint density at radius 3 is 3.05 bits per heavy atom. The molecule has 0 radical (unpaired) electrons. The molecule has 1 saturated heterocycles. The third-order valence-electron chi connectivity index (χ3n) is 3.41. The molecule has 20 heavy (non-hydrogen) atoms. The fraction of sp³-hybridized carbons (Fsp3) is 0.615. The van der Waals surface area contributed by atoms with Gasteiger partial charge in [-0.25, -0.2) is 13.4 Å². The lowest BCUT2D eigenvalue weighted by atomic mass is 10.1. The monoisotopic (exact) mass is 299 g/mol. The molecular weight excluding hydrogens is 278 g/mol. The van der Waals surface area contributed by atoms with Crippen LogP contribution in [0.15, 0.2) is 18.3 Å². The fourth-order valence-corrected chi connectivity index (χ4v) is 3.11. The summed E-state index contributed by atoms with van der Waals surface area (Å²) in [5, 5.41) is 3.00. The number of rotatable bonds is 5. The zero-order chi connectivity index (χ0) is 14.6. The molecule has 1 fully saturated rings. The van der Waals surface area contributed by atoms with Crippen LogP contribution in [0.3, 0.4) is 0 Å². The predicted octanol–water partition coefficient (Wildman–Crippen LogP) is 0.716. The summed E-state index contributed by atoms with van der Waals surface area (Å²) in [6.07, 6.45) is 4.63. The van der Waals surface area contributed by atoms with Crippen molar-refractivity contribution in [2.24, 2.45) is 0 Å². The van der Waals surface area contributed by atoms with Crippen LogP contribution in [0.25, 0.3) is 0 Å². The third kappa shape index (κ3) is 4.16. The molecule has 1 aliphatic rings. The van der Waals surface area contributed by atoms with Crippen LogP contribution < -0.4 is 5.32 Å². The lowest BCUT2D eigenvalue weighted by molar-refractivity contribution is -0.00506. The van der Waals surface area contributed by atoms with Crippen LogP contribution >= 0.6 is 0 Å². The zero-order valence-electron chi connectivity index (χ0n) is 11.9. The van der Waals surface area contributed by atoms with Gasteiger partial charge >= 0.3 is 0 Å². The molecule has 1 atom stereocenters. The maximum atomic E-state index is 11.5. The van der Waals surface area contributed by atoms with Crippen LogP contribution in [0.5, 0.6) is 0 Å². The first-order valence-corrected chi connectivity index (χ1v) is 8.53. The van der Waals surface area contributed by atoms with Gasteiger partial charge in [0.1, 0.15) is 5.82 Å². The molecule has 1 aromatic heterocycles. The van der Waals surface area contributed by atoms with Crippen LogP contribution in [-0.4, -0.2) is 56.8 Å². The molecule has 7 heteroatoms. The summed E-state index contributed by atoms with van der Waals surface area (Å²) in [7, 11) is -1.29. The Morgan fingerprint density at radius 1 is 1.55 bits per heavy atom. The van der Waals surface area contributed by atoms with Crippen LogP contribution in [-0.2, 0) is 21.2 Å². The average Bonchev–Trinajstić information content (AvgIpc) is 2.45. The van der Waals surface area contributed by atoms with E-state index in [-0.39, 0.29) is 6.10 Å². The second-order valence-corrected chi connectivity index (χ2v) is 6.93. The molecule has 0 amide bonds. The quantitative estimate of drug-likeness (QED) is 0.867. The number of ether oxygens (including phenoxy) is 1. The lowest BCUT2D eigenvalue weighted by Gasteiger charge is -2.31. The second kappa shape index (κ2) is 6.51. The molecule has 0 saturated carbocycles. The van der Waals surface area contributed by atoms with E-state index in [0.29, 0.717) is 19.7 Å². The first kappa shape index (κ1) is 15.2. The molecule has 0 aromatic carbocycles. The first-order chi connectivity index (χ1) is 9.49. The molecule has 6 nitrogen and oxygen atoms in total. The van der Waals surface area contributed by atoms with Gasteiger partial charge in [0, 0.05) is 26.3 Å². The van der Waals surface area contributed by atoms with Crippen molar-refractivity contribution in [1.29, 1.82) is 0 Å². The van der Waals surface area contributed by atoms with Crippen LogP contribution in [0.4, 0.5) is 5.82 Å². The van der Waals surface area contributed by atoms with Crippen molar-refractivity contribution in [1.82, 2.24) is 9.29 Å². The van der Waals surface area contributed by atoms with Gasteiger partial charge in [0.25, 0.3) is 0 Å². The number of sulfonamides is 1. The van der Waals surface area contributed by atoms with Gasteiger partial charge in [0.05, 0.1) is 19.0 Å². The number of pyridine rings is 1. The molecule has 1 N–H and O–H groups in total. The molecule has 2 heterocycles. The predicted molar refractivity (Wildman–Crippen MR) is 78.3 cm³/mol. The largest absolute Gasteiger partial charge is 0.375 e. The minimum absolute atomic E-state index is 0.0373. The summed E-state index contributed by atoms with van der Waals surface area (Å²) in [6.45, 7) is 1.37. The van der Waals surface area contributed by atoms with Gasteiger partial charge in [-0.15, -0.1) is 0 Å². The van der Waals surface area contributed by atoms with Gasteiger partial charge in [0.2, 0.25) is 10.0 Å². The number of hydrogen-bond donors (Lipinski definition) is 1. The van der Waals surface area contributed by atoms with Crippen molar-refractivity contribution < 1.29 is 13.2 Å². The van der Waals surface area contributed by atoms with Crippen molar-refractivity contribution >= 4 is 15.8 Å². The Balaban J connectivity index is 1.90.